The van der Waals surface area contributed by atoms with Gasteiger partial charge in [-0.25, -0.2) is 0 Å². The van der Waals surface area contributed by atoms with Gasteiger partial charge in [-0.3, -0.25) is 0 Å². The number of benzene rings is 1. The molecule has 1 aromatic carbocycles. The Balaban J connectivity index is 2.55. The third-order valence-electron chi connectivity index (χ3n) is 3.12. The van der Waals surface area contributed by atoms with Gasteiger partial charge in [-0.1, -0.05) is 17.1 Å². The number of hydrogen-bond acceptors (Lipinski definition) is 3. The maximum absolute atomic E-state index is 5.95. The van der Waals surface area contributed by atoms with Gasteiger partial charge in [0, 0.05) is 22.5 Å². The monoisotopic (exact) mass is 245 g/mol. The molecule has 2 aromatic rings. The van der Waals surface area contributed by atoms with Gasteiger partial charge in [0.1, 0.15) is 5.82 Å². The van der Waals surface area contributed by atoms with E-state index in [1.165, 1.54) is 7.06 Å². The van der Waals surface area contributed by atoms with Crippen molar-refractivity contribution in [2.45, 2.75) is 20.8 Å². The predicted octanol–water partition coefficient (Wildman–Crippen LogP) is -0.574. The lowest BCUT2D eigenvalue weighted by molar-refractivity contribution is 0.864. The van der Waals surface area contributed by atoms with E-state index in [1.54, 1.807) is 4.68 Å². The van der Waals surface area contributed by atoms with E-state index in [1.807, 2.05) is 32.9 Å². The molecule has 0 aliphatic carbocycles. The summed E-state index contributed by atoms with van der Waals surface area (Å²) in [6.45, 7) is 5.50. The van der Waals surface area contributed by atoms with E-state index >= 15 is 0 Å². The zero-order valence-corrected chi connectivity index (χ0v) is 11.4. The van der Waals surface area contributed by atoms with Gasteiger partial charge in [-0.05, 0) is 32.4 Å². The van der Waals surface area contributed by atoms with Gasteiger partial charge in [0.15, 0.2) is 0 Å². The molecule has 0 aliphatic heterocycles. The van der Waals surface area contributed by atoms with E-state index in [0.717, 1.165) is 22.3 Å². The number of hydrogen-bond donors (Lipinski definition) is 1. The largest absolute Gasteiger partial charge is 0.368 e. The smallest absolute Gasteiger partial charge is 0.223 e. The number of aryl methyl sites for hydroxylation is 3. The first-order chi connectivity index (χ1) is 8.93. The highest BCUT2D eigenvalue weighted by Gasteiger charge is 2.14. The van der Waals surface area contributed by atoms with E-state index in [9.17, 15) is 0 Å². The Morgan fingerprint density at radius 1 is 1.26 bits per heavy atom. The number of rotatable bonds is 3. The molecule has 0 saturated carbocycles. The molecular weight excluding hydrogens is 231 g/mol. The Morgan fingerprint density at radius 3 is 2.47 bits per heavy atom. The quantitative estimate of drug-likeness (QED) is 0.736. The molecule has 5 radical (unpaired) electrons. The van der Waals surface area contributed by atoms with Crippen molar-refractivity contribution in [2.75, 3.05) is 5.73 Å². The third kappa shape index (κ3) is 2.57. The molecule has 0 fully saturated rings. The predicted molar refractivity (Wildman–Crippen MR) is 82.6 cm³/mol. The molecular formula is C11H13B4N4. The summed E-state index contributed by atoms with van der Waals surface area (Å²) < 4.78 is 1.64. The first-order valence-corrected chi connectivity index (χ1v) is 6.05. The molecule has 0 unspecified atom stereocenters. The summed E-state index contributed by atoms with van der Waals surface area (Å²) in [5.41, 5.74) is 9.83. The Hall–Kier alpha value is -1.58. The van der Waals surface area contributed by atoms with Gasteiger partial charge in [-0.15, -0.1) is 5.10 Å². The van der Waals surface area contributed by atoms with Gasteiger partial charge in [0.05, 0.1) is 12.2 Å². The van der Waals surface area contributed by atoms with Crippen molar-refractivity contribution >= 4 is 40.4 Å². The SMILES string of the molecule is [B][B]B([B])c1cc(C)c(-n2nc(C)nc2N)cc1C. The molecule has 2 N–H and O–H groups in total. The van der Waals surface area contributed by atoms with Gasteiger partial charge in [0.25, 0.3) is 0 Å². The van der Waals surface area contributed by atoms with Crippen LogP contribution < -0.4 is 11.2 Å². The lowest BCUT2D eigenvalue weighted by Gasteiger charge is -2.15. The van der Waals surface area contributed by atoms with E-state index in [0.29, 0.717) is 11.8 Å². The van der Waals surface area contributed by atoms with E-state index in [-0.39, 0.29) is 6.49 Å². The number of nitrogens with two attached hydrogens (primary N) is 1. The van der Waals surface area contributed by atoms with Crippen LogP contribution in [0.5, 0.6) is 0 Å². The Labute approximate surface area is 117 Å². The van der Waals surface area contributed by atoms with Crippen molar-refractivity contribution in [3.63, 3.8) is 0 Å². The molecule has 1 aromatic heterocycles. The fourth-order valence-electron chi connectivity index (χ4n) is 2.12. The maximum atomic E-state index is 5.95. The highest BCUT2D eigenvalue weighted by Crippen LogP contribution is 2.17. The van der Waals surface area contributed by atoms with Crippen molar-refractivity contribution < 1.29 is 0 Å². The number of nitrogens with zero attached hydrogens (tertiary/aromatic N) is 3. The summed E-state index contributed by atoms with van der Waals surface area (Å²) in [5, 5.41) is 4.29. The van der Waals surface area contributed by atoms with Crippen molar-refractivity contribution in [1.82, 2.24) is 14.8 Å². The molecule has 0 saturated heterocycles. The molecule has 19 heavy (non-hydrogen) atoms. The molecule has 2 rings (SSSR count). The minimum absolute atomic E-state index is 0.275. The summed E-state index contributed by atoms with van der Waals surface area (Å²) in [6.07, 6.45) is 0. The number of anilines is 1. The fraction of sp³-hybridized carbons (Fsp3) is 0.273. The summed E-state index contributed by atoms with van der Waals surface area (Å²) in [4.78, 5) is 4.11. The maximum Gasteiger partial charge on any atom is 0.223 e. The normalized spacial score (nSPS) is 10.5. The van der Waals surface area contributed by atoms with Crippen LogP contribution in [0.3, 0.4) is 0 Å². The second-order valence-corrected chi connectivity index (χ2v) is 4.64. The summed E-state index contributed by atoms with van der Waals surface area (Å²) >= 11 is 0. The first-order valence-electron chi connectivity index (χ1n) is 6.05. The lowest BCUT2D eigenvalue weighted by Crippen LogP contribution is -2.40. The minimum Gasteiger partial charge on any atom is -0.368 e. The van der Waals surface area contributed by atoms with Crippen LogP contribution in [-0.2, 0) is 0 Å². The average molecular weight is 245 g/mol. The van der Waals surface area contributed by atoms with Crippen LogP contribution >= 0.6 is 0 Å². The van der Waals surface area contributed by atoms with Crippen LogP contribution in [0.15, 0.2) is 12.1 Å². The molecule has 0 spiro atoms. The standard InChI is InChI=1S/C11H13B4N4/c1-6-5-10(19-11(16)17-8(3)18-19)7(2)4-9(6)15(13)14-12/h4-5H,1-3H3,(H2,16,17,18). The molecule has 0 bridgehead atoms. The Morgan fingerprint density at radius 2 is 1.95 bits per heavy atom. The fourth-order valence-corrected chi connectivity index (χ4v) is 2.12. The van der Waals surface area contributed by atoms with Crippen molar-refractivity contribution in [2.24, 2.45) is 0 Å². The van der Waals surface area contributed by atoms with Crippen LogP contribution in [0, 0.1) is 20.8 Å². The van der Waals surface area contributed by atoms with Crippen LogP contribution in [-0.4, -0.2) is 43.8 Å². The van der Waals surface area contributed by atoms with Crippen LogP contribution in [0.1, 0.15) is 17.0 Å². The zero-order chi connectivity index (χ0) is 14.2. The molecule has 89 valence electrons. The molecule has 8 heteroatoms. The summed E-state index contributed by atoms with van der Waals surface area (Å²) in [6, 6.07) is 4.01. The van der Waals surface area contributed by atoms with Crippen molar-refractivity contribution in [3.8, 4) is 5.69 Å². The molecule has 0 amide bonds. The van der Waals surface area contributed by atoms with E-state index in [2.05, 4.69) is 10.1 Å². The topological polar surface area (TPSA) is 56.7 Å². The first kappa shape index (κ1) is 13.8. The van der Waals surface area contributed by atoms with Gasteiger partial charge >= 0.3 is 0 Å². The average Bonchev–Trinajstić information content (AvgIpc) is 2.69. The van der Waals surface area contributed by atoms with E-state index in [4.69, 9.17) is 21.2 Å². The van der Waals surface area contributed by atoms with Crippen LogP contribution in [0.2, 0.25) is 0 Å². The zero-order valence-electron chi connectivity index (χ0n) is 11.4. The van der Waals surface area contributed by atoms with Crippen molar-refractivity contribution in [3.05, 3.63) is 29.1 Å². The highest BCUT2D eigenvalue weighted by atomic mass is 15.4. The van der Waals surface area contributed by atoms with E-state index < -0.39 is 0 Å². The summed E-state index contributed by atoms with van der Waals surface area (Å²) in [5.74, 6) is 1.02. The van der Waals surface area contributed by atoms with Gasteiger partial charge in [0.2, 0.25) is 5.95 Å². The van der Waals surface area contributed by atoms with Gasteiger partial charge in [-0.2, -0.15) is 9.67 Å². The number of nitrogen functional groups attached to an aromatic ring is 1. The highest BCUT2D eigenvalue weighted by molar-refractivity contribution is 7.50. The minimum atomic E-state index is -0.275. The molecule has 0 atom stereocenters. The lowest BCUT2D eigenvalue weighted by atomic mass is 9.03. The Kier molecular flexibility index (Phi) is 3.78. The molecule has 1 heterocycles. The van der Waals surface area contributed by atoms with Crippen molar-refractivity contribution in [1.29, 1.82) is 0 Å². The Bertz CT molecular complexity index is 611. The number of aromatic nitrogens is 3. The summed E-state index contributed by atoms with van der Waals surface area (Å²) in [7, 11) is 12.9. The second kappa shape index (κ2) is 5.19. The van der Waals surface area contributed by atoms with Crippen LogP contribution in [0.25, 0.3) is 5.69 Å². The molecule has 0 aliphatic rings. The van der Waals surface area contributed by atoms with Crippen LogP contribution in [0.4, 0.5) is 5.95 Å². The second-order valence-electron chi connectivity index (χ2n) is 4.64. The van der Waals surface area contributed by atoms with Gasteiger partial charge < -0.3 is 5.73 Å². The molecule has 4 nitrogen and oxygen atoms in total. The third-order valence-corrected chi connectivity index (χ3v) is 3.12.